The molecule has 1 atom stereocenters. The highest BCUT2D eigenvalue weighted by atomic mass is 127. The van der Waals surface area contributed by atoms with Crippen molar-refractivity contribution in [2.45, 2.75) is 39.5 Å². The van der Waals surface area contributed by atoms with Crippen LogP contribution in [0.25, 0.3) is 0 Å². The maximum absolute atomic E-state index is 10.5. The number of hydrogen-bond donors (Lipinski definition) is 3. The van der Waals surface area contributed by atoms with Gasteiger partial charge in [-0.1, -0.05) is 24.3 Å². The molecule has 0 fully saturated rings. The summed E-state index contributed by atoms with van der Waals surface area (Å²) in [5, 5.41) is 16.8. The Bertz CT molecular complexity index is 734. The molecular weight excluding hydrogens is 481 g/mol. The van der Waals surface area contributed by atoms with Crippen LogP contribution in [0.15, 0.2) is 53.5 Å². The fourth-order valence-electron chi connectivity index (χ4n) is 2.59. The molecule has 0 aliphatic rings. The Kier molecular flexibility index (Phi) is 11.5. The van der Waals surface area contributed by atoms with Crippen molar-refractivity contribution >= 4 is 29.9 Å². The Hall–Kier alpha value is -2.00. The highest BCUT2D eigenvalue weighted by Gasteiger charge is 2.09. The number of nitrogens with one attached hydrogen (secondary N) is 2. The fourth-order valence-corrected chi connectivity index (χ4v) is 2.59. The van der Waals surface area contributed by atoms with Gasteiger partial charge in [0.25, 0.3) is 0 Å². The van der Waals surface area contributed by atoms with Gasteiger partial charge in [0.1, 0.15) is 11.5 Å². The number of ether oxygens (including phenoxy) is 2. The van der Waals surface area contributed by atoms with E-state index in [1.54, 1.807) is 7.11 Å². The molecule has 0 radical (unpaired) electrons. The summed E-state index contributed by atoms with van der Waals surface area (Å²) in [6.45, 7) is 7.62. The monoisotopic (exact) mass is 513 g/mol. The third-order valence-corrected chi connectivity index (χ3v) is 4.02. The average molecular weight is 513 g/mol. The van der Waals surface area contributed by atoms with Crippen molar-refractivity contribution in [2.24, 2.45) is 4.99 Å². The van der Waals surface area contributed by atoms with E-state index < -0.39 is 6.10 Å². The van der Waals surface area contributed by atoms with E-state index in [0.717, 1.165) is 29.2 Å². The minimum atomic E-state index is -0.641. The molecule has 160 valence electrons. The van der Waals surface area contributed by atoms with Gasteiger partial charge < -0.3 is 25.2 Å². The molecule has 0 spiro atoms. The van der Waals surface area contributed by atoms with Gasteiger partial charge >= 0.3 is 0 Å². The maximum Gasteiger partial charge on any atom is 0.191 e. The number of aliphatic imine (C=N–C) groups is 1. The third kappa shape index (κ3) is 8.91. The molecule has 7 heteroatoms. The lowest BCUT2D eigenvalue weighted by atomic mass is 10.1. The fraction of sp³-hybridized carbons (Fsp3) is 0.409. The van der Waals surface area contributed by atoms with Gasteiger partial charge in [-0.2, -0.15) is 0 Å². The van der Waals surface area contributed by atoms with Gasteiger partial charge in [0.05, 0.1) is 25.9 Å². The molecule has 0 aromatic heterocycles. The van der Waals surface area contributed by atoms with Crippen molar-refractivity contribution in [1.82, 2.24) is 10.6 Å². The lowest BCUT2D eigenvalue weighted by Crippen LogP contribution is -2.39. The van der Waals surface area contributed by atoms with Crippen LogP contribution in [0.2, 0.25) is 0 Å². The van der Waals surface area contributed by atoms with Crippen molar-refractivity contribution in [3.8, 4) is 11.5 Å². The topological polar surface area (TPSA) is 75.1 Å². The number of aliphatic hydroxyl groups is 1. The van der Waals surface area contributed by atoms with Crippen molar-refractivity contribution < 1.29 is 14.6 Å². The van der Waals surface area contributed by atoms with Gasteiger partial charge in [0.2, 0.25) is 0 Å². The predicted octanol–water partition coefficient (Wildman–Crippen LogP) is 3.89. The molecule has 0 aliphatic heterocycles. The summed E-state index contributed by atoms with van der Waals surface area (Å²) in [6.07, 6.45) is -0.514. The van der Waals surface area contributed by atoms with Crippen molar-refractivity contribution in [1.29, 1.82) is 0 Å². The van der Waals surface area contributed by atoms with Crippen LogP contribution in [0.3, 0.4) is 0 Å². The molecule has 0 amide bonds. The average Bonchev–Trinajstić information content (AvgIpc) is 2.70. The highest BCUT2D eigenvalue weighted by molar-refractivity contribution is 14.0. The predicted molar refractivity (Wildman–Crippen MR) is 128 cm³/mol. The third-order valence-electron chi connectivity index (χ3n) is 4.02. The Morgan fingerprint density at radius 1 is 1.00 bits per heavy atom. The zero-order valence-electron chi connectivity index (χ0n) is 17.5. The van der Waals surface area contributed by atoms with Crippen LogP contribution in [-0.2, 0) is 6.54 Å². The molecular formula is C22H32IN3O3. The van der Waals surface area contributed by atoms with E-state index in [1.807, 2.05) is 69.3 Å². The molecule has 0 saturated heterocycles. The van der Waals surface area contributed by atoms with Crippen molar-refractivity contribution in [3.05, 3.63) is 59.7 Å². The van der Waals surface area contributed by atoms with Crippen molar-refractivity contribution in [2.75, 3.05) is 20.2 Å². The number of nitrogens with zero attached hydrogens (tertiary/aromatic N) is 1. The van der Waals surface area contributed by atoms with Crippen LogP contribution in [0.1, 0.15) is 38.0 Å². The Morgan fingerprint density at radius 3 is 2.17 bits per heavy atom. The summed E-state index contributed by atoms with van der Waals surface area (Å²) in [5.74, 6) is 2.29. The Labute approximate surface area is 190 Å². The second-order valence-electron chi connectivity index (χ2n) is 6.68. The number of rotatable bonds is 9. The minimum absolute atomic E-state index is 0. The largest absolute Gasteiger partial charge is 0.497 e. The van der Waals surface area contributed by atoms with E-state index in [1.165, 1.54) is 0 Å². The first-order chi connectivity index (χ1) is 13.5. The molecule has 0 saturated carbocycles. The number of guanidine groups is 1. The summed E-state index contributed by atoms with van der Waals surface area (Å²) < 4.78 is 10.8. The summed E-state index contributed by atoms with van der Waals surface area (Å²) in [6, 6.07) is 15.3. The molecule has 1 unspecified atom stereocenters. The lowest BCUT2D eigenvalue weighted by molar-refractivity contribution is 0.180. The van der Waals surface area contributed by atoms with Crippen LogP contribution in [-0.4, -0.2) is 37.4 Å². The molecule has 2 aromatic carbocycles. The van der Waals surface area contributed by atoms with E-state index in [-0.39, 0.29) is 30.1 Å². The molecule has 2 rings (SSSR count). The SMILES string of the molecule is CCNC(=NCc1ccc(OC)cc1)NCC(O)c1ccc(OC(C)C)cc1.I. The minimum Gasteiger partial charge on any atom is -0.497 e. The van der Waals surface area contributed by atoms with E-state index in [2.05, 4.69) is 15.6 Å². The zero-order valence-corrected chi connectivity index (χ0v) is 19.8. The normalized spacial score (nSPS) is 12.1. The second-order valence-corrected chi connectivity index (χ2v) is 6.68. The number of aliphatic hydroxyl groups excluding tert-OH is 1. The second kappa shape index (κ2) is 13.3. The Morgan fingerprint density at radius 2 is 1.62 bits per heavy atom. The van der Waals surface area contributed by atoms with Crippen LogP contribution >= 0.6 is 24.0 Å². The van der Waals surface area contributed by atoms with E-state index >= 15 is 0 Å². The van der Waals surface area contributed by atoms with Gasteiger partial charge in [-0.3, -0.25) is 0 Å². The first kappa shape index (κ1) is 25.0. The Balaban J connectivity index is 0.00000420. The molecule has 29 heavy (non-hydrogen) atoms. The first-order valence-corrected chi connectivity index (χ1v) is 9.61. The standard InChI is InChI=1S/C22H31N3O3.HI/c1-5-23-22(24-14-17-6-10-19(27-4)11-7-17)25-15-21(26)18-8-12-20(13-9-18)28-16(2)3;/h6-13,16,21,26H,5,14-15H2,1-4H3,(H2,23,24,25);1H. The summed E-state index contributed by atoms with van der Waals surface area (Å²) in [4.78, 5) is 4.57. The molecule has 0 heterocycles. The van der Waals surface area contributed by atoms with Crippen LogP contribution < -0.4 is 20.1 Å². The number of hydrogen-bond acceptors (Lipinski definition) is 4. The molecule has 0 aliphatic carbocycles. The van der Waals surface area contributed by atoms with Crippen LogP contribution in [0, 0.1) is 0 Å². The molecule has 3 N–H and O–H groups in total. The molecule has 0 bridgehead atoms. The van der Waals surface area contributed by atoms with E-state index in [4.69, 9.17) is 9.47 Å². The van der Waals surface area contributed by atoms with Gasteiger partial charge in [0, 0.05) is 13.1 Å². The maximum atomic E-state index is 10.5. The number of halogens is 1. The van der Waals surface area contributed by atoms with Crippen molar-refractivity contribution in [3.63, 3.8) is 0 Å². The number of benzene rings is 2. The van der Waals surface area contributed by atoms with Gasteiger partial charge in [0.15, 0.2) is 5.96 Å². The lowest BCUT2D eigenvalue weighted by Gasteiger charge is -2.16. The molecule has 6 nitrogen and oxygen atoms in total. The zero-order chi connectivity index (χ0) is 20.4. The van der Waals surface area contributed by atoms with Crippen LogP contribution in [0.5, 0.6) is 11.5 Å². The summed E-state index contributed by atoms with van der Waals surface area (Å²) >= 11 is 0. The van der Waals surface area contributed by atoms with Gasteiger partial charge in [-0.15, -0.1) is 24.0 Å². The van der Waals surface area contributed by atoms with Gasteiger partial charge in [-0.25, -0.2) is 4.99 Å². The quantitative estimate of drug-likeness (QED) is 0.270. The van der Waals surface area contributed by atoms with Crippen LogP contribution in [0.4, 0.5) is 0 Å². The summed E-state index contributed by atoms with van der Waals surface area (Å²) in [7, 11) is 1.65. The van der Waals surface area contributed by atoms with Gasteiger partial charge in [-0.05, 0) is 56.2 Å². The summed E-state index contributed by atoms with van der Waals surface area (Å²) in [5.41, 5.74) is 1.91. The molecule has 2 aromatic rings. The first-order valence-electron chi connectivity index (χ1n) is 9.61. The van der Waals surface area contributed by atoms with E-state index in [0.29, 0.717) is 19.0 Å². The van der Waals surface area contributed by atoms with E-state index in [9.17, 15) is 5.11 Å². The number of methoxy groups -OCH3 is 1. The highest BCUT2D eigenvalue weighted by Crippen LogP contribution is 2.18. The smallest absolute Gasteiger partial charge is 0.191 e.